The highest BCUT2D eigenvalue weighted by atomic mass is 15.1. The molecule has 0 amide bonds. The van der Waals surface area contributed by atoms with Gasteiger partial charge in [-0.15, -0.1) is 0 Å². The summed E-state index contributed by atoms with van der Waals surface area (Å²) in [6, 6.07) is 4.83. The Morgan fingerprint density at radius 2 is 2.00 bits per heavy atom. The predicted molar refractivity (Wildman–Crippen MR) is 73.2 cm³/mol. The molecule has 0 aromatic carbocycles. The van der Waals surface area contributed by atoms with Gasteiger partial charge in [0.25, 0.3) is 0 Å². The Bertz CT molecular complexity index is 347. The van der Waals surface area contributed by atoms with Crippen LogP contribution in [0.1, 0.15) is 30.8 Å². The van der Waals surface area contributed by atoms with Gasteiger partial charge in [-0.3, -0.25) is 4.98 Å². The van der Waals surface area contributed by atoms with Crippen LogP contribution in [0, 0.1) is 13.8 Å². The van der Waals surface area contributed by atoms with Gasteiger partial charge >= 0.3 is 0 Å². The summed E-state index contributed by atoms with van der Waals surface area (Å²) in [6.45, 7) is 11.5. The fourth-order valence-electron chi connectivity index (χ4n) is 1.80. The lowest BCUT2D eigenvalue weighted by atomic mass is 10.2. The van der Waals surface area contributed by atoms with E-state index in [1.54, 1.807) is 0 Å². The number of nitrogens with zero attached hydrogens (tertiary/aromatic N) is 2. The third-order valence-corrected chi connectivity index (χ3v) is 2.82. The lowest BCUT2D eigenvalue weighted by Crippen LogP contribution is -2.32. The first kappa shape index (κ1) is 14.1. The molecule has 0 atom stereocenters. The summed E-state index contributed by atoms with van der Waals surface area (Å²) in [6.07, 6.45) is 0. The molecule has 0 unspecified atom stereocenters. The van der Waals surface area contributed by atoms with E-state index in [1.165, 1.54) is 5.56 Å². The smallest absolute Gasteiger partial charge is 0.0420 e. The maximum atomic E-state index is 4.49. The van der Waals surface area contributed by atoms with Crippen LogP contribution < -0.4 is 5.32 Å². The summed E-state index contributed by atoms with van der Waals surface area (Å²) >= 11 is 0. The molecule has 1 heterocycles. The van der Waals surface area contributed by atoms with E-state index in [4.69, 9.17) is 0 Å². The number of aryl methyl sites for hydroxylation is 2. The molecular formula is C14H25N3. The van der Waals surface area contributed by atoms with E-state index in [2.05, 4.69) is 55.2 Å². The van der Waals surface area contributed by atoms with Crippen LogP contribution in [0.15, 0.2) is 12.1 Å². The molecule has 1 aromatic heterocycles. The highest BCUT2D eigenvalue weighted by Gasteiger charge is 2.04. The average molecular weight is 235 g/mol. The van der Waals surface area contributed by atoms with Crippen molar-refractivity contribution < 1.29 is 0 Å². The molecule has 3 nitrogen and oxygen atoms in total. The first-order valence-corrected chi connectivity index (χ1v) is 6.34. The minimum absolute atomic E-state index is 0.561. The van der Waals surface area contributed by atoms with Crippen LogP contribution in [-0.4, -0.2) is 36.1 Å². The molecule has 0 aliphatic rings. The van der Waals surface area contributed by atoms with Crippen molar-refractivity contribution in [3.8, 4) is 0 Å². The number of pyridine rings is 1. The summed E-state index contributed by atoms with van der Waals surface area (Å²) in [7, 11) is 2.15. The van der Waals surface area contributed by atoms with Gasteiger partial charge in [-0.25, -0.2) is 0 Å². The van der Waals surface area contributed by atoms with Crippen LogP contribution in [0.2, 0.25) is 0 Å². The van der Waals surface area contributed by atoms with Crippen molar-refractivity contribution in [2.24, 2.45) is 0 Å². The largest absolute Gasteiger partial charge is 0.313 e. The van der Waals surface area contributed by atoms with Crippen LogP contribution in [0.25, 0.3) is 0 Å². The second-order valence-corrected chi connectivity index (χ2v) is 5.04. The molecule has 0 aliphatic carbocycles. The van der Waals surface area contributed by atoms with Gasteiger partial charge in [-0.05, 0) is 32.5 Å². The molecule has 17 heavy (non-hydrogen) atoms. The molecular weight excluding hydrogens is 210 g/mol. The van der Waals surface area contributed by atoms with E-state index in [-0.39, 0.29) is 0 Å². The Morgan fingerprint density at radius 3 is 2.59 bits per heavy atom. The standard InChI is InChI=1S/C14H25N3/c1-11(2)15-8-9-17(5)10-14-7-6-12(3)16-13(14)4/h6-7,11,15H,8-10H2,1-5H3. The first-order chi connectivity index (χ1) is 7.99. The predicted octanol–water partition coefficient (Wildman–Crippen LogP) is 2.13. The minimum atomic E-state index is 0.561. The Labute approximate surface area is 105 Å². The van der Waals surface area contributed by atoms with E-state index >= 15 is 0 Å². The summed E-state index contributed by atoms with van der Waals surface area (Å²) in [5, 5.41) is 3.43. The zero-order chi connectivity index (χ0) is 12.8. The number of aromatic nitrogens is 1. The normalized spacial score (nSPS) is 11.5. The number of hydrogen-bond donors (Lipinski definition) is 1. The molecule has 3 heteroatoms. The molecule has 1 aromatic rings. The summed E-state index contributed by atoms with van der Waals surface area (Å²) in [4.78, 5) is 6.82. The zero-order valence-corrected chi connectivity index (χ0v) is 11.7. The molecule has 96 valence electrons. The third-order valence-electron chi connectivity index (χ3n) is 2.82. The molecule has 0 saturated heterocycles. The van der Waals surface area contributed by atoms with Crippen molar-refractivity contribution in [2.75, 3.05) is 20.1 Å². The SMILES string of the molecule is Cc1ccc(CN(C)CCNC(C)C)c(C)n1. The highest BCUT2D eigenvalue weighted by Crippen LogP contribution is 2.08. The monoisotopic (exact) mass is 235 g/mol. The summed E-state index contributed by atoms with van der Waals surface area (Å²) in [5.74, 6) is 0. The number of hydrogen-bond acceptors (Lipinski definition) is 3. The van der Waals surface area contributed by atoms with Crippen molar-refractivity contribution in [1.82, 2.24) is 15.2 Å². The molecule has 0 bridgehead atoms. The molecule has 1 N–H and O–H groups in total. The van der Waals surface area contributed by atoms with Gasteiger partial charge in [0.1, 0.15) is 0 Å². The van der Waals surface area contributed by atoms with Crippen molar-refractivity contribution in [3.63, 3.8) is 0 Å². The average Bonchev–Trinajstić information content (AvgIpc) is 2.21. The molecule has 0 saturated carbocycles. The fraction of sp³-hybridized carbons (Fsp3) is 0.643. The molecule has 1 rings (SSSR count). The van der Waals surface area contributed by atoms with Gasteiger partial charge in [0.15, 0.2) is 0 Å². The minimum Gasteiger partial charge on any atom is -0.313 e. The van der Waals surface area contributed by atoms with Gasteiger partial charge in [-0.2, -0.15) is 0 Å². The second-order valence-electron chi connectivity index (χ2n) is 5.04. The maximum absolute atomic E-state index is 4.49. The first-order valence-electron chi connectivity index (χ1n) is 6.34. The summed E-state index contributed by atoms with van der Waals surface area (Å²) in [5.41, 5.74) is 3.56. The lowest BCUT2D eigenvalue weighted by Gasteiger charge is -2.19. The topological polar surface area (TPSA) is 28.2 Å². The number of likely N-dealkylation sites (N-methyl/N-ethyl adjacent to an activating group) is 1. The Hall–Kier alpha value is -0.930. The maximum Gasteiger partial charge on any atom is 0.0420 e. The van der Waals surface area contributed by atoms with Crippen LogP contribution in [0.5, 0.6) is 0 Å². The van der Waals surface area contributed by atoms with E-state index in [0.717, 1.165) is 31.0 Å². The Kier molecular flexibility index (Phi) is 5.59. The van der Waals surface area contributed by atoms with Gasteiger partial charge in [0, 0.05) is 37.1 Å². The molecule has 0 spiro atoms. The van der Waals surface area contributed by atoms with Crippen molar-refractivity contribution >= 4 is 0 Å². The highest BCUT2D eigenvalue weighted by molar-refractivity contribution is 5.21. The van der Waals surface area contributed by atoms with Crippen LogP contribution in [-0.2, 0) is 6.54 Å². The Balaban J connectivity index is 2.42. The van der Waals surface area contributed by atoms with E-state index in [0.29, 0.717) is 6.04 Å². The van der Waals surface area contributed by atoms with Crippen LogP contribution >= 0.6 is 0 Å². The molecule has 0 radical (unpaired) electrons. The van der Waals surface area contributed by atoms with E-state index in [9.17, 15) is 0 Å². The number of rotatable bonds is 6. The molecule has 0 fully saturated rings. The Morgan fingerprint density at radius 1 is 1.29 bits per heavy atom. The quantitative estimate of drug-likeness (QED) is 0.818. The van der Waals surface area contributed by atoms with E-state index in [1.807, 2.05) is 6.92 Å². The molecule has 0 aliphatic heterocycles. The fourth-order valence-corrected chi connectivity index (χ4v) is 1.80. The lowest BCUT2D eigenvalue weighted by molar-refractivity contribution is 0.319. The van der Waals surface area contributed by atoms with Crippen LogP contribution in [0.3, 0.4) is 0 Å². The van der Waals surface area contributed by atoms with Gasteiger partial charge in [0.05, 0.1) is 0 Å². The zero-order valence-electron chi connectivity index (χ0n) is 11.7. The van der Waals surface area contributed by atoms with E-state index < -0.39 is 0 Å². The third kappa shape index (κ3) is 5.29. The van der Waals surface area contributed by atoms with Crippen molar-refractivity contribution in [3.05, 3.63) is 29.1 Å². The van der Waals surface area contributed by atoms with Gasteiger partial charge < -0.3 is 10.2 Å². The van der Waals surface area contributed by atoms with Crippen molar-refractivity contribution in [1.29, 1.82) is 0 Å². The summed E-state index contributed by atoms with van der Waals surface area (Å²) < 4.78 is 0. The second kappa shape index (κ2) is 6.72. The van der Waals surface area contributed by atoms with Gasteiger partial charge in [0.2, 0.25) is 0 Å². The van der Waals surface area contributed by atoms with Crippen LogP contribution in [0.4, 0.5) is 0 Å². The van der Waals surface area contributed by atoms with Gasteiger partial charge in [-0.1, -0.05) is 19.9 Å². The number of nitrogens with one attached hydrogen (secondary N) is 1. The van der Waals surface area contributed by atoms with Crippen molar-refractivity contribution in [2.45, 2.75) is 40.3 Å².